The molecule has 4 heteroatoms. The van der Waals surface area contributed by atoms with E-state index >= 15 is 0 Å². The molecule has 0 aliphatic rings. The van der Waals surface area contributed by atoms with Crippen molar-refractivity contribution in [2.75, 3.05) is 9.80 Å². The number of para-hydroxylation sites is 2. The molecule has 0 fully saturated rings. The fraction of sp³-hybridized carbons (Fsp3) is 0.118. The molecule has 19 aromatic rings. The molecule has 0 bridgehead atoms. The molecule has 0 saturated carbocycles. The van der Waals surface area contributed by atoms with Crippen molar-refractivity contribution in [1.29, 1.82) is 0 Å². The zero-order valence-corrected chi connectivity index (χ0v) is 61.3. The zero-order valence-electron chi connectivity index (χ0n) is 61.3. The third kappa shape index (κ3) is 11.0. The van der Waals surface area contributed by atoms with Crippen molar-refractivity contribution in [2.24, 2.45) is 0 Å². The van der Waals surface area contributed by atoms with Gasteiger partial charge < -0.3 is 18.6 Å². The van der Waals surface area contributed by atoms with Crippen LogP contribution in [0.1, 0.15) is 79.0 Å². The molecule has 0 saturated heterocycles. The predicted octanol–water partition coefficient (Wildman–Crippen LogP) is 29.9. The van der Waals surface area contributed by atoms with Gasteiger partial charge in [0.05, 0.1) is 11.4 Å². The summed E-state index contributed by atoms with van der Waals surface area (Å²) < 4.78 is 12.9. The van der Waals surface area contributed by atoms with Crippen LogP contribution in [0.3, 0.4) is 0 Å². The van der Waals surface area contributed by atoms with Gasteiger partial charge in [0.1, 0.15) is 22.3 Å². The summed E-state index contributed by atoms with van der Waals surface area (Å²) in [5.41, 5.74) is 21.7. The number of anilines is 6. The first-order valence-electron chi connectivity index (χ1n) is 37.2. The lowest BCUT2D eigenvalue weighted by Gasteiger charge is -2.35. The summed E-state index contributed by atoms with van der Waals surface area (Å²) in [6.07, 6.45) is 0. The Morgan fingerprint density at radius 1 is 0.189 bits per heavy atom. The van der Waals surface area contributed by atoms with E-state index in [4.69, 9.17) is 8.83 Å². The molecule has 4 nitrogen and oxygen atoms in total. The van der Waals surface area contributed by atoms with Gasteiger partial charge in [-0.15, -0.1) is 0 Å². The standard InChI is InChI=1S/C102H80N2O2/c1-100(2,3)69-44-48-94(88(60-69)67-40-46-84-80-32-12-10-28-76(80)78-30-14-16-34-82(78)90(84)56-67)103(72-26-22-24-63(52-72)65-42-50-98-92(54-65)86-36-18-20-38-96(86)105-98)74-58-71(102(7,8)9)59-75(62-74)104(73-27-23-25-64(53-73)66-43-51-99-93(55-66)87-37-19-21-39-97(87)106-99)95-49-45-70(101(4,5)6)61-89(95)68-41-47-85-81-33-13-11-29-77(81)79-31-15-17-35-83(79)91(85)57-68/h10-62H,1-9H3. The summed E-state index contributed by atoms with van der Waals surface area (Å²) in [7, 11) is 0. The second-order valence-electron chi connectivity index (χ2n) is 32.0. The molecule has 0 atom stereocenters. The van der Waals surface area contributed by atoms with Crippen LogP contribution in [0.25, 0.3) is 153 Å². The molecule has 0 spiro atoms. The maximum Gasteiger partial charge on any atom is 0.135 e. The Hall–Kier alpha value is -12.5. The summed E-state index contributed by atoms with van der Waals surface area (Å²) in [6.45, 7) is 21.1. The number of furan rings is 2. The van der Waals surface area contributed by atoms with Crippen LogP contribution in [0.4, 0.5) is 34.1 Å². The van der Waals surface area contributed by atoms with E-state index in [1.54, 1.807) is 0 Å². The fourth-order valence-corrected chi connectivity index (χ4v) is 16.6. The topological polar surface area (TPSA) is 32.8 Å². The Morgan fingerprint density at radius 3 is 0.858 bits per heavy atom. The Labute approximate surface area is 618 Å². The van der Waals surface area contributed by atoms with Gasteiger partial charge in [0.2, 0.25) is 0 Å². The third-order valence-corrected chi connectivity index (χ3v) is 22.2. The quantitative estimate of drug-likeness (QED) is 0.128. The van der Waals surface area contributed by atoms with Crippen LogP contribution in [0.15, 0.2) is 330 Å². The van der Waals surface area contributed by atoms with Gasteiger partial charge in [-0.05, 0) is 246 Å². The Balaban J connectivity index is 0.892. The lowest BCUT2D eigenvalue weighted by Crippen LogP contribution is -2.19. The minimum absolute atomic E-state index is 0.174. The second-order valence-corrected chi connectivity index (χ2v) is 32.0. The van der Waals surface area contributed by atoms with Gasteiger partial charge in [-0.3, -0.25) is 0 Å². The highest BCUT2D eigenvalue weighted by atomic mass is 16.3. The normalized spacial score (nSPS) is 12.4. The van der Waals surface area contributed by atoms with Crippen LogP contribution < -0.4 is 9.80 Å². The molecule has 510 valence electrons. The van der Waals surface area contributed by atoms with Crippen molar-refractivity contribution in [3.63, 3.8) is 0 Å². The average molecular weight is 1370 g/mol. The van der Waals surface area contributed by atoms with Gasteiger partial charge >= 0.3 is 0 Å². The SMILES string of the molecule is CC(C)(C)c1cc(N(c2cccc(-c3ccc4oc5ccccc5c4c3)c2)c2ccc(C(C)(C)C)cc2-c2ccc3c4ccccc4c4ccccc4c3c2)cc(N(c2cccc(-c3ccc4oc5ccccc5c4c3)c2)c2ccc(C(C)(C)C)cc2-c2ccc3c4ccccc4c4ccccc4c3c2)c1. The van der Waals surface area contributed by atoms with Crippen molar-refractivity contribution in [3.05, 3.63) is 338 Å². The van der Waals surface area contributed by atoms with Gasteiger partial charge in [0.25, 0.3) is 0 Å². The largest absolute Gasteiger partial charge is 0.456 e. The van der Waals surface area contributed by atoms with E-state index in [2.05, 4.69) is 381 Å². The van der Waals surface area contributed by atoms with Crippen LogP contribution in [-0.2, 0) is 16.2 Å². The number of fused-ring (bicyclic) bond motifs is 18. The van der Waals surface area contributed by atoms with Crippen molar-refractivity contribution < 1.29 is 8.83 Å². The minimum atomic E-state index is -0.334. The molecule has 0 aliphatic carbocycles. The van der Waals surface area contributed by atoms with Gasteiger partial charge in [0, 0.05) is 55.4 Å². The van der Waals surface area contributed by atoms with Crippen molar-refractivity contribution in [2.45, 2.75) is 78.6 Å². The smallest absolute Gasteiger partial charge is 0.135 e. The fourth-order valence-electron chi connectivity index (χ4n) is 16.6. The first-order valence-corrected chi connectivity index (χ1v) is 37.2. The molecular weight excluding hydrogens is 1290 g/mol. The number of hydrogen-bond acceptors (Lipinski definition) is 4. The molecule has 0 amide bonds. The van der Waals surface area contributed by atoms with Gasteiger partial charge in [-0.1, -0.05) is 269 Å². The number of nitrogens with zero attached hydrogens (tertiary/aromatic N) is 2. The molecule has 19 rings (SSSR count). The molecule has 0 unspecified atom stereocenters. The molecule has 17 aromatic carbocycles. The molecular formula is C102H80N2O2. The summed E-state index contributed by atoms with van der Waals surface area (Å²) in [4.78, 5) is 5.11. The van der Waals surface area contributed by atoms with Crippen LogP contribution in [-0.4, -0.2) is 0 Å². The highest BCUT2D eigenvalue weighted by Gasteiger charge is 2.30. The molecule has 2 heterocycles. The van der Waals surface area contributed by atoms with E-state index in [-0.39, 0.29) is 16.2 Å². The molecule has 2 aromatic heterocycles. The number of benzene rings is 17. The van der Waals surface area contributed by atoms with Crippen LogP contribution in [0.5, 0.6) is 0 Å². The highest BCUT2D eigenvalue weighted by molar-refractivity contribution is 6.27. The molecule has 0 N–H and O–H groups in total. The van der Waals surface area contributed by atoms with E-state index in [0.29, 0.717) is 0 Å². The average Bonchev–Trinajstić information content (AvgIpc) is 1.12. The van der Waals surface area contributed by atoms with E-state index in [9.17, 15) is 0 Å². The highest BCUT2D eigenvalue weighted by Crippen LogP contribution is 2.52. The summed E-state index contributed by atoms with van der Waals surface area (Å²) >= 11 is 0. The molecule has 106 heavy (non-hydrogen) atoms. The van der Waals surface area contributed by atoms with Crippen molar-refractivity contribution in [3.8, 4) is 44.5 Å². The summed E-state index contributed by atoms with van der Waals surface area (Å²) in [6, 6.07) is 120. The maximum atomic E-state index is 6.45. The summed E-state index contributed by atoms with van der Waals surface area (Å²) in [5, 5.41) is 19.3. The first kappa shape index (κ1) is 64.3. The zero-order chi connectivity index (χ0) is 71.9. The number of rotatable bonds is 10. The number of hydrogen-bond donors (Lipinski definition) is 0. The Kier molecular flexibility index (Phi) is 14.9. The van der Waals surface area contributed by atoms with Crippen LogP contribution in [0, 0.1) is 0 Å². The van der Waals surface area contributed by atoms with E-state index in [1.807, 2.05) is 12.1 Å². The van der Waals surface area contributed by atoms with Gasteiger partial charge in [0.15, 0.2) is 0 Å². The summed E-state index contributed by atoms with van der Waals surface area (Å²) in [5.74, 6) is 0. The van der Waals surface area contributed by atoms with Gasteiger partial charge in [-0.25, -0.2) is 0 Å². The molecule has 0 radical (unpaired) electrons. The lowest BCUT2D eigenvalue weighted by atomic mass is 9.83. The Morgan fingerprint density at radius 2 is 0.491 bits per heavy atom. The minimum Gasteiger partial charge on any atom is -0.456 e. The van der Waals surface area contributed by atoms with Gasteiger partial charge in [-0.2, -0.15) is 0 Å². The Bertz CT molecular complexity index is 6330. The van der Waals surface area contributed by atoms with E-state index < -0.39 is 0 Å². The van der Waals surface area contributed by atoms with E-state index in [1.165, 1.54) is 81.3 Å². The van der Waals surface area contributed by atoms with Crippen molar-refractivity contribution in [1.82, 2.24) is 0 Å². The maximum absolute atomic E-state index is 6.45. The van der Waals surface area contributed by atoms with Crippen LogP contribution >= 0.6 is 0 Å². The monoisotopic (exact) mass is 1360 g/mol. The first-order chi connectivity index (χ1) is 51.4. The lowest BCUT2D eigenvalue weighted by molar-refractivity contribution is 0.590. The molecule has 0 aliphatic heterocycles. The third-order valence-electron chi connectivity index (χ3n) is 22.2. The van der Waals surface area contributed by atoms with Crippen molar-refractivity contribution >= 4 is 143 Å². The predicted molar refractivity (Wildman–Crippen MR) is 453 cm³/mol. The van der Waals surface area contributed by atoms with E-state index in [0.717, 1.165) is 123 Å². The van der Waals surface area contributed by atoms with Crippen LogP contribution in [0.2, 0.25) is 0 Å². The second kappa shape index (κ2) is 24.6.